The van der Waals surface area contributed by atoms with E-state index in [2.05, 4.69) is 28.8 Å². The third-order valence-electron chi connectivity index (χ3n) is 3.53. The van der Waals surface area contributed by atoms with E-state index in [1.54, 1.807) is 0 Å². The second-order valence-electron chi connectivity index (χ2n) is 5.00. The fourth-order valence-corrected chi connectivity index (χ4v) is 2.46. The lowest BCUT2D eigenvalue weighted by molar-refractivity contribution is -0.120. The molecule has 3 nitrogen and oxygen atoms in total. The molecule has 1 fully saturated rings. The lowest BCUT2D eigenvalue weighted by atomic mass is 9.94. The van der Waals surface area contributed by atoms with Crippen molar-refractivity contribution in [2.24, 2.45) is 0 Å². The van der Waals surface area contributed by atoms with Gasteiger partial charge in [0.05, 0.1) is 6.42 Å². The lowest BCUT2D eigenvalue weighted by Crippen LogP contribution is -2.29. The number of nitrogens with one attached hydrogen (secondary N) is 2. The molecule has 1 amide bonds. The van der Waals surface area contributed by atoms with Gasteiger partial charge in [-0.15, -0.1) is 0 Å². The highest BCUT2D eigenvalue weighted by atomic mass is 16.1. The quantitative estimate of drug-likeness (QED) is 0.818. The summed E-state index contributed by atoms with van der Waals surface area (Å²) in [5.74, 6) is 0.180. The largest absolute Gasteiger partial charge is 0.353 e. The van der Waals surface area contributed by atoms with E-state index < -0.39 is 0 Å². The first kappa shape index (κ1) is 10.8. The van der Waals surface area contributed by atoms with Gasteiger partial charge in [-0.25, -0.2) is 0 Å². The van der Waals surface area contributed by atoms with Crippen LogP contribution in [0.3, 0.4) is 0 Å². The number of hydrogen-bond acceptors (Lipinski definition) is 2. The summed E-state index contributed by atoms with van der Waals surface area (Å²) in [7, 11) is 0. The van der Waals surface area contributed by atoms with Crippen molar-refractivity contribution in [3.05, 3.63) is 34.9 Å². The molecule has 0 unspecified atom stereocenters. The molecule has 0 radical (unpaired) electrons. The summed E-state index contributed by atoms with van der Waals surface area (Å²) in [6.07, 6.45) is 3.90. The molecule has 1 aliphatic heterocycles. The number of amides is 1. The van der Waals surface area contributed by atoms with Crippen LogP contribution in [0.25, 0.3) is 0 Å². The molecule has 0 atom stereocenters. The van der Waals surface area contributed by atoms with Crippen molar-refractivity contribution < 1.29 is 4.79 Å². The van der Waals surface area contributed by atoms with Crippen molar-refractivity contribution in [2.45, 2.75) is 38.3 Å². The van der Waals surface area contributed by atoms with Crippen molar-refractivity contribution in [2.75, 3.05) is 6.54 Å². The molecule has 2 aliphatic rings. The summed E-state index contributed by atoms with van der Waals surface area (Å²) in [6, 6.07) is 6.77. The Kier molecular flexibility index (Phi) is 2.85. The Morgan fingerprint density at radius 2 is 2.29 bits per heavy atom. The minimum Gasteiger partial charge on any atom is -0.353 e. The first-order chi connectivity index (χ1) is 8.33. The van der Waals surface area contributed by atoms with Gasteiger partial charge in [0.2, 0.25) is 5.91 Å². The summed E-state index contributed by atoms with van der Waals surface area (Å²) in [5.41, 5.74) is 3.95. The highest BCUT2D eigenvalue weighted by molar-refractivity contribution is 5.79. The van der Waals surface area contributed by atoms with Crippen LogP contribution in [-0.2, 0) is 24.2 Å². The maximum Gasteiger partial charge on any atom is 0.224 e. The first-order valence-corrected chi connectivity index (χ1v) is 6.42. The third kappa shape index (κ3) is 2.50. The number of fused-ring (bicyclic) bond motifs is 1. The van der Waals surface area contributed by atoms with Crippen molar-refractivity contribution >= 4 is 5.91 Å². The number of carbonyl (C=O) groups excluding carboxylic acids is 1. The molecular weight excluding hydrogens is 212 g/mol. The Labute approximate surface area is 102 Å². The molecule has 0 aromatic heterocycles. The van der Waals surface area contributed by atoms with Crippen LogP contribution in [0.4, 0.5) is 0 Å². The van der Waals surface area contributed by atoms with E-state index in [9.17, 15) is 4.79 Å². The highest BCUT2D eigenvalue weighted by Crippen LogP contribution is 2.21. The van der Waals surface area contributed by atoms with Crippen LogP contribution >= 0.6 is 0 Å². The molecule has 3 rings (SSSR count). The summed E-state index contributed by atoms with van der Waals surface area (Å²) in [5, 5.41) is 6.42. The predicted molar refractivity (Wildman–Crippen MR) is 66.7 cm³/mol. The average Bonchev–Trinajstić information content (AvgIpc) is 3.13. The molecule has 1 saturated carbocycles. The van der Waals surface area contributed by atoms with Gasteiger partial charge in [0.1, 0.15) is 0 Å². The molecule has 1 aliphatic carbocycles. The number of hydrogen-bond donors (Lipinski definition) is 2. The molecule has 1 aromatic rings. The zero-order valence-corrected chi connectivity index (χ0v) is 9.96. The van der Waals surface area contributed by atoms with E-state index in [0.717, 1.165) is 32.4 Å². The van der Waals surface area contributed by atoms with Crippen molar-refractivity contribution in [3.63, 3.8) is 0 Å². The van der Waals surface area contributed by atoms with Crippen LogP contribution in [-0.4, -0.2) is 18.5 Å². The van der Waals surface area contributed by atoms with Crippen LogP contribution in [0.15, 0.2) is 18.2 Å². The van der Waals surface area contributed by atoms with Gasteiger partial charge in [-0.3, -0.25) is 4.79 Å². The van der Waals surface area contributed by atoms with Crippen LogP contribution in [0.2, 0.25) is 0 Å². The smallest absolute Gasteiger partial charge is 0.224 e. The average molecular weight is 230 g/mol. The molecule has 0 bridgehead atoms. The molecule has 2 N–H and O–H groups in total. The van der Waals surface area contributed by atoms with E-state index in [1.165, 1.54) is 16.7 Å². The van der Waals surface area contributed by atoms with Gasteiger partial charge in [0.25, 0.3) is 0 Å². The summed E-state index contributed by atoms with van der Waals surface area (Å²) < 4.78 is 0. The fraction of sp³-hybridized carbons (Fsp3) is 0.500. The van der Waals surface area contributed by atoms with E-state index in [1.807, 2.05) is 0 Å². The minimum absolute atomic E-state index is 0.180. The van der Waals surface area contributed by atoms with Gasteiger partial charge >= 0.3 is 0 Å². The van der Waals surface area contributed by atoms with Gasteiger partial charge in [-0.05, 0) is 42.5 Å². The summed E-state index contributed by atoms with van der Waals surface area (Å²) in [4.78, 5) is 11.8. The Balaban J connectivity index is 1.75. The van der Waals surface area contributed by atoms with E-state index in [-0.39, 0.29) is 5.91 Å². The zero-order valence-electron chi connectivity index (χ0n) is 9.96. The van der Waals surface area contributed by atoms with Crippen molar-refractivity contribution in [1.29, 1.82) is 0 Å². The summed E-state index contributed by atoms with van der Waals surface area (Å²) >= 11 is 0. The van der Waals surface area contributed by atoms with E-state index >= 15 is 0 Å². The first-order valence-electron chi connectivity index (χ1n) is 6.42. The fourth-order valence-electron chi connectivity index (χ4n) is 2.46. The highest BCUT2D eigenvalue weighted by Gasteiger charge is 2.23. The Hall–Kier alpha value is -1.35. The lowest BCUT2D eigenvalue weighted by Gasteiger charge is -2.20. The molecule has 3 heteroatoms. The molecule has 0 saturated heterocycles. The predicted octanol–water partition coefficient (Wildman–Crippen LogP) is 1.15. The second-order valence-corrected chi connectivity index (χ2v) is 5.00. The number of carbonyl (C=O) groups is 1. The van der Waals surface area contributed by atoms with Crippen LogP contribution < -0.4 is 10.6 Å². The zero-order chi connectivity index (χ0) is 11.7. The molecule has 17 heavy (non-hydrogen) atoms. The van der Waals surface area contributed by atoms with Crippen LogP contribution in [0.1, 0.15) is 29.5 Å². The Morgan fingerprint density at radius 1 is 1.41 bits per heavy atom. The van der Waals surface area contributed by atoms with Crippen molar-refractivity contribution in [1.82, 2.24) is 10.6 Å². The maximum absolute atomic E-state index is 11.8. The minimum atomic E-state index is 0.180. The molecule has 90 valence electrons. The Morgan fingerprint density at radius 3 is 3.12 bits per heavy atom. The van der Waals surface area contributed by atoms with Gasteiger partial charge in [0.15, 0.2) is 0 Å². The standard InChI is InChI=1S/C14H18N2O/c17-14(16-12-4-5-12)8-10-2-1-3-11-9-15-7-6-13(10)11/h1-3,12,15H,4-9H2,(H,16,17). The van der Waals surface area contributed by atoms with Gasteiger partial charge in [-0.2, -0.15) is 0 Å². The van der Waals surface area contributed by atoms with E-state index in [4.69, 9.17) is 0 Å². The molecule has 1 aromatic carbocycles. The van der Waals surface area contributed by atoms with Gasteiger partial charge < -0.3 is 10.6 Å². The van der Waals surface area contributed by atoms with Crippen molar-refractivity contribution in [3.8, 4) is 0 Å². The summed E-state index contributed by atoms with van der Waals surface area (Å²) in [6.45, 7) is 1.96. The second kappa shape index (κ2) is 4.49. The topological polar surface area (TPSA) is 41.1 Å². The number of rotatable bonds is 3. The van der Waals surface area contributed by atoms with E-state index in [0.29, 0.717) is 12.5 Å². The monoisotopic (exact) mass is 230 g/mol. The van der Waals surface area contributed by atoms with Gasteiger partial charge in [0, 0.05) is 12.6 Å². The SMILES string of the molecule is O=C(Cc1cccc2c1CCNC2)NC1CC1. The molecule has 1 heterocycles. The molecular formula is C14H18N2O. The normalized spacial score (nSPS) is 18.6. The third-order valence-corrected chi connectivity index (χ3v) is 3.53. The number of benzene rings is 1. The molecule has 0 spiro atoms. The van der Waals surface area contributed by atoms with Crippen LogP contribution in [0.5, 0.6) is 0 Å². The van der Waals surface area contributed by atoms with Gasteiger partial charge in [-0.1, -0.05) is 18.2 Å². The maximum atomic E-state index is 11.8. The van der Waals surface area contributed by atoms with Crippen LogP contribution in [0, 0.1) is 0 Å². The Bertz CT molecular complexity index is 438.